The lowest BCUT2D eigenvalue weighted by Crippen LogP contribution is -2.45. The van der Waals surface area contributed by atoms with Gasteiger partial charge in [0.2, 0.25) is 0 Å². The summed E-state index contributed by atoms with van der Waals surface area (Å²) in [4.78, 5) is 16.1. The number of carbonyl (C=O) groups is 1. The predicted molar refractivity (Wildman–Crippen MR) is 77.4 cm³/mol. The smallest absolute Gasteiger partial charge is 0.315 e. The molecule has 0 amide bonds. The van der Waals surface area contributed by atoms with E-state index in [1.54, 1.807) is 18.3 Å². The summed E-state index contributed by atoms with van der Waals surface area (Å²) in [6.07, 6.45) is 1.73. The second kappa shape index (κ2) is 6.01. The number of carboxylic acids is 1. The Morgan fingerprint density at radius 2 is 2.14 bits per heavy atom. The van der Waals surface area contributed by atoms with Gasteiger partial charge in [-0.05, 0) is 36.2 Å². The van der Waals surface area contributed by atoms with E-state index in [0.29, 0.717) is 11.3 Å². The molecule has 3 N–H and O–H groups in total. The van der Waals surface area contributed by atoms with E-state index in [1.165, 1.54) is 18.2 Å². The second-order valence-corrected chi connectivity index (χ2v) is 5.05. The van der Waals surface area contributed by atoms with Crippen molar-refractivity contribution in [3.05, 3.63) is 65.2 Å². The van der Waals surface area contributed by atoms with Gasteiger partial charge in [0.25, 0.3) is 0 Å². The highest BCUT2D eigenvalue weighted by Gasteiger charge is 2.40. The zero-order valence-electron chi connectivity index (χ0n) is 11.7. The molecule has 1 heterocycles. The van der Waals surface area contributed by atoms with Crippen molar-refractivity contribution in [3.8, 4) is 0 Å². The molecular weight excluding hydrogens is 271 g/mol. The van der Waals surface area contributed by atoms with Gasteiger partial charge in [-0.1, -0.05) is 18.2 Å². The lowest BCUT2D eigenvalue weighted by molar-refractivity contribution is -0.143. The van der Waals surface area contributed by atoms with Gasteiger partial charge in [0.1, 0.15) is 11.2 Å². The van der Waals surface area contributed by atoms with Gasteiger partial charge >= 0.3 is 5.97 Å². The number of aryl methyl sites for hydroxylation is 1. The number of benzene rings is 1. The first-order valence-corrected chi connectivity index (χ1v) is 6.59. The van der Waals surface area contributed by atoms with Crippen LogP contribution >= 0.6 is 0 Å². The molecule has 4 nitrogen and oxygen atoms in total. The largest absolute Gasteiger partial charge is 0.481 e. The summed E-state index contributed by atoms with van der Waals surface area (Å²) in [6.45, 7) is 1.72. The van der Waals surface area contributed by atoms with E-state index >= 15 is 0 Å². The van der Waals surface area contributed by atoms with Crippen LogP contribution in [0.25, 0.3) is 0 Å². The standard InChI is InChI=1S/C16H17FN2O2/c1-11-4-3-7-19-14(11)9-16(10-18,15(20)21)12-5-2-6-13(17)8-12/h2-8H,9-10,18H2,1H3,(H,20,21). The second-order valence-electron chi connectivity index (χ2n) is 5.05. The molecule has 1 aromatic carbocycles. The van der Waals surface area contributed by atoms with Crippen molar-refractivity contribution in [2.24, 2.45) is 5.73 Å². The summed E-state index contributed by atoms with van der Waals surface area (Å²) < 4.78 is 13.5. The molecule has 0 radical (unpaired) electrons. The topological polar surface area (TPSA) is 76.2 Å². The fourth-order valence-corrected chi connectivity index (χ4v) is 2.35. The quantitative estimate of drug-likeness (QED) is 0.883. The number of hydrogen-bond acceptors (Lipinski definition) is 3. The normalized spacial score (nSPS) is 13.7. The molecule has 1 atom stereocenters. The van der Waals surface area contributed by atoms with Crippen molar-refractivity contribution >= 4 is 5.97 Å². The average Bonchev–Trinajstić information content (AvgIpc) is 2.46. The number of nitrogens with zero attached hydrogens (tertiary/aromatic N) is 1. The molecule has 1 unspecified atom stereocenters. The monoisotopic (exact) mass is 288 g/mol. The molecule has 0 bridgehead atoms. The van der Waals surface area contributed by atoms with Crippen LogP contribution in [-0.4, -0.2) is 22.6 Å². The molecule has 2 rings (SSSR count). The highest BCUT2D eigenvalue weighted by Crippen LogP contribution is 2.29. The molecule has 5 heteroatoms. The van der Waals surface area contributed by atoms with Gasteiger partial charge in [0, 0.05) is 24.9 Å². The number of aromatic nitrogens is 1. The third kappa shape index (κ3) is 2.92. The minimum absolute atomic E-state index is 0.120. The molecule has 0 aliphatic carbocycles. The number of nitrogens with two attached hydrogens (primary N) is 1. The van der Waals surface area contributed by atoms with Crippen LogP contribution < -0.4 is 5.73 Å². The maximum Gasteiger partial charge on any atom is 0.315 e. The summed E-state index contributed by atoms with van der Waals surface area (Å²) in [6, 6.07) is 9.21. The Kier molecular flexibility index (Phi) is 4.33. The van der Waals surface area contributed by atoms with Crippen molar-refractivity contribution in [2.75, 3.05) is 6.54 Å². The minimum Gasteiger partial charge on any atom is -0.481 e. The van der Waals surface area contributed by atoms with Crippen LogP contribution in [0.4, 0.5) is 4.39 Å². The number of aliphatic carboxylic acids is 1. The lowest BCUT2D eigenvalue weighted by Gasteiger charge is -2.28. The SMILES string of the molecule is Cc1cccnc1CC(CN)(C(=O)O)c1cccc(F)c1. The summed E-state index contributed by atoms with van der Waals surface area (Å²) in [7, 11) is 0. The molecule has 2 aromatic rings. The van der Waals surface area contributed by atoms with E-state index in [1.807, 2.05) is 13.0 Å². The lowest BCUT2D eigenvalue weighted by atomic mass is 9.76. The molecule has 0 fully saturated rings. The van der Waals surface area contributed by atoms with Crippen LogP contribution in [0.3, 0.4) is 0 Å². The van der Waals surface area contributed by atoms with Crippen molar-refractivity contribution in [1.29, 1.82) is 0 Å². The molecular formula is C16H17FN2O2. The van der Waals surface area contributed by atoms with Crippen molar-refractivity contribution in [3.63, 3.8) is 0 Å². The number of pyridine rings is 1. The predicted octanol–water partition coefficient (Wildman–Crippen LogP) is 2.05. The van der Waals surface area contributed by atoms with Gasteiger partial charge < -0.3 is 10.8 Å². The fourth-order valence-electron chi connectivity index (χ4n) is 2.35. The van der Waals surface area contributed by atoms with Gasteiger partial charge in [0.05, 0.1) is 0 Å². The number of halogens is 1. The van der Waals surface area contributed by atoms with E-state index < -0.39 is 17.2 Å². The highest BCUT2D eigenvalue weighted by atomic mass is 19.1. The summed E-state index contributed by atoms with van der Waals surface area (Å²) in [5.74, 6) is -1.56. The first-order chi connectivity index (χ1) is 9.99. The first-order valence-electron chi connectivity index (χ1n) is 6.59. The molecule has 0 saturated heterocycles. The van der Waals surface area contributed by atoms with Crippen LogP contribution in [0.2, 0.25) is 0 Å². The summed E-state index contributed by atoms with van der Waals surface area (Å²) in [5, 5.41) is 9.69. The number of carboxylic acid groups (broad SMARTS) is 1. The molecule has 0 aliphatic rings. The number of rotatable bonds is 5. The van der Waals surface area contributed by atoms with Gasteiger partial charge in [-0.2, -0.15) is 0 Å². The Bertz CT molecular complexity index is 660. The Hall–Kier alpha value is -2.27. The molecule has 0 aliphatic heterocycles. The third-order valence-electron chi connectivity index (χ3n) is 3.72. The fraction of sp³-hybridized carbons (Fsp3) is 0.250. The van der Waals surface area contributed by atoms with Crippen LogP contribution in [0, 0.1) is 12.7 Å². The third-order valence-corrected chi connectivity index (χ3v) is 3.72. The van der Waals surface area contributed by atoms with Gasteiger partial charge in [0.15, 0.2) is 0 Å². The minimum atomic E-state index is -1.39. The van der Waals surface area contributed by atoms with Crippen molar-refractivity contribution in [1.82, 2.24) is 4.98 Å². The molecule has 110 valence electrons. The van der Waals surface area contributed by atoms with Gasteiger partial charge in [-0.3, -0.25) is 9.78 Å². The highest BCUT2D eigenvalue weighted by molar-refractivity contribution is 5.82. The molecule has 0 spiro atoms. The summed E-state index contributed by atoms with van der Waals surface area (Å²) in [5.41, 5.74) is 6.25. The van der Waals surface area contributed by atoms with E-state index in [-0.39, 0.29) is 13.0 Å². The van der Waals surface area contributed by atoms with Crippen molar-refractivity contribution in [2.45, 2.75) is 18.8 Å². The first kappa shape index (κ1) is 15.1. The molecule has 0 saturated carbocycles. The number of hydrogen-bond donors (Lipinski definition) is 2. The van der Waals surface area contributed by atoms with Gasteiger partial charge in [-0.15, -0.1) is 0 Å². The Morgan fingerprint density at radius 1 is 1.38 bits per heavy atom. The molecule has 21 heavy (non-hydrogen) atoms. The Labute approximate surface area is 122 Å². The average molecular weight is 288 g/mol. The Morgan fingerprint density at radius 3 is 2.71 bits per heavy atom. The van der Waals surface area contributed by atoms with E-state index in [0.717, 1.165) is 5.56 Å². The van der Waals surface area contributed by atoms with E-state index in [9.17, 15) is 14.3 Å². The van der Waals surface area contributed by atoms with Crippen LogP contribution in [0.15, 0.2) is 42.6 Å². The van der Waals surface area contributed by atoms with E-state index in [4.69, 9.17) is 5.73 Å². The maximum atomic E-state index is 13.5. The van der Waals surface area contributed by atoms with Crippen LogP contribution in [0.1, 0.15) is 16.8 Å². The zero-order chi connectivity index (χ0) is 15.5. The maximum absolute atomic E-state index is 13.5. The van der Waals surface area contributed by atoms with Gasteiger partial charge in [-0.25, -0.2) is 4.39 Å². The zero-order valence-corrected chi connectivity index (χ0v) is 11.7. The molecule has 1 aromatic heterocycles. The summed E-state index contributed by atoms with van der Waals surface area (Å²) >= 11 is 0. The Balaban J connectivity index is 2.53. The van der Waals surface area contributed by atoms with Crippen LogP contribution in [0.5, 0.6) is 0 Å². The van der Waals surface area contributed by atoms with Crippen molar-refractivity contribution < 1.29 is 14.3 Å². The van der Waals surface area contributed by atoms with Crippen LogP contribution in [-0.2, 0) is 16.6 Å². The van der Waals surface area contributed by atoms with E-state index in [2.05, 4.69) is 4.98 Å².